The van der Waals surface area contributed by atoms with Crippen LogP contribution >= 0.6 is 15.9 Å². The SMILES string of the molecule is CCn1ncc(Br)c1C(=O)Nc1cc(OC)ccc1OC. The van der Waals surface area contributed by atoms with Crippen LogP contribution in [0.1, 0.15) is 17.4 Å². The first kappa shape index (κ1) is 15.4. The maximum absolute atomic E-state index is 12.4. The maximum atomic E-state index is 12.4. The third-order valence-corrected chi connectivity index (χ3v) is 3.54. The van der Waals surface area contributed by atoms with E-state index >= 15 is 0 Å². The predicted octanol–water partition coefficient (Wildman–Crippen LogP) is 2.94. The Labute approximate surface area is 131 Å². The quantitative estimate of drug-likeness (QED) is 0.897. The summed E-state index contributed by atoms with van der Waals surface area (Å²) in [6.45, 7) is 2.52. The second-order valence-electron chi connectivity index (χ2n) is 4.18. The summed E-state index contributed by atoms with van der Waals surface area (Å²) in [5.41, 5.74) is 1.000. The Morgan fingerprint density at radius 2 is 2.14 bits per heavy atom. The summed E-state index contributed by atoms with van der Waals surface area (Å²) >= 11 is 3.34. The minimum atomic E-state index is -0.271. The second kappa shape index (κ2) is 6.62. The lowest BCUT2D eigenvalue weighted by molar-refractivity contribution is 0.101. The third kappa shape index (κ3) is 3.18. The minimum absolute atomic E-state index is 0.271. The molecule has 6 nitrogen and oxygen atoms in total. The molecule has 1 aromatic heterocycles. The van der Waals surface area contributed by atoms with Crippen LogP contribution in [0.4, 0.5) is 5.69 Å². The van der Waals surface area contributed by atoms with E-state index in [0.29, 0.717) is 33.9 Å². The maximum Gasteiger partial charge on any atom is 0.275 e. The number of aryl methyl sites for hydroxylation is 1. The number of nitrogens with one attached hydrogen (secondary N) is 1. The number of carbonyl (C=O) groups excluding carboxylic acids is 1. The first-order valence-electron chi connectivity index (χ1n) is 6.35. The van der Waals surface area contributed by atoms with E-state index in [1.54, 1.807) is 43.3 Å². The Balaban J connectivity index is 2.32. The molecular formula is C14H16BrN3O3. The molecule has 1 heterocycles. The van der Waals surface area contributed by atoms with Gasteiger partial charge in [-0.25, -0.2) is 0 Å². The molecule has 0 radical (unpaired) electrons. The Hall–Kier alpha value is -2.02. The van der Waals surface area contributed by atoms with E-state index in [0.717, 1.165) is 0 Å². The minimum Gasteiger partial charge on any atom is -0.497 e. The summed E-state index contributed by atoms with van der Waals surface area (Å²) in [7, 11) is 3.11. The number of nitrogens with zero attached hydrogens (tertiary/aromatic N) is 2. The molecule has 7 heteroatoms. The molecule has 1 aromatic carbocycles. The van der Waals surface area contributed by atoms with Crippen molar-refractivity contribution in [1.29, 1.82) is 0 Å². The van der Waals surface area contributed by atoms with Crippen molar-refractivity contribution < 1.29 is 14.3 Å². The van der Waals surface area contributed by atoms with Crippen LogP contribution < -0.4 is 14.8 Å². The van der Waals surface area contributed by atoms with Crippen molar-refractivity contribution in [3.05, 3.63) is 34.6 Å². The van der Waals surface area contributed by atoms with Crippen molar-refractivity contribution in [2.75, 3.05) is 19.5 Å². The monoisotopic (exact) mass is 353 g/mol. The summed E-state index contributed by atoms with van der Waals surface area (Å²) in [5.74, 6) is 0.921. The fraction of sp³-hybridized carbons (Fsp3) is 0.286. The highest BCUT2D eigenvalue weighted by atomic mass is 79.9. The molecule has 1 amide bonds. The number of halogens is 1. The van der Waals surface area contributed by atoms with Gasteiger partial charge in [0.15, 0.2) is 0 Å². The van der Waals surface area contributed by atoms with Crippen LogP contribution in [0.5, 0.6) is 11.5 Å². The lowest BCUT2D eigenvalue weighted by atomic mass is 10.2. The van der Waals surface area contributed by atoms with Crippen LogP contribution in [0.25, 0.3) is 0 Å². The lowest BCUT2D eigenvalue weighted by Crippen LogP contribution is -2.18. The highest BCUT2D eigenvalue weighted by Gasteiger charge is 2.18. The summed E-state index contributed by atoms with van der Waals surface area (Å²) in [4.78, 5) is 12.4. The van der Waals surface area contributed by atoms with Crippen molar-refractivity contribution in [3.8, 4) is 11.5 Å². The normalized spacial score (nSPS) is 10.3. The van der Waals surface area contributed by atoms with Crippen molar-refractivity contribution in [3.63, 3.8) is 0 Å². The summed E-state index contributed by atoms with van der Waals surface area (Å²) in [5, 5.41) is 6.95. The van der Waals surface area contributed by atoms with E-state index in [2.05, 4.69) is 26.3 Å². The Morgan fingerprint density at radius 3 is 2.76 bits per heavy atom. The average molecular weight is 354 g/mol. The number of rotatable bonds is 5. The molecule has 1 N–H and O–H groups in total. The average Bonchev–Trinajstić information content (AvgIpc) is 2.88. The number of carbonyl (C=O) groups is 1. The second-order valence-corrected chi connectivity index (χ2v) is 5.03. The molecule has 0 fully saturated rings. The Kier molecular flexibility index (Phi) is 4.85. The van der Waals surface area contributed by atoms with Gasteiger partial charge in [-0.15, -0.1) is 0 Å². The zero-order chi connectivity index (χ0) is 15.4. The molecule has 21 heavy (non-hydrogen) atoms. The number of ether oxygens (including phenoxy) is 2. The van der Waals surface area contributed by atoms with Gasteiger partial charge in [0.2, 0.25) is 0 Å². The Bertz CT molecular complexity index is 655. The van der Waals surface area contributed by atoms with E-state index in [1.165, 1.54) is 0 Å². The molecule has 2 aromatic rings. The van der Waals surface area contributed by atoms with Gasteiger partial charge in [-0.2, -0.15) is 5.10 Å². The molecule has 2 rings (SSSR count). The molecular weight excluding hydrogens is 338 g/mol. The van der Waals surface area contributed by atoms with Crippen LogP contribution in [0.3, 0.4) is 0 Å². The molecule has 0 aliphatic heterocycles. The summed E-state index contributed by atoms with van der Waals surface area (Å²) in [6, 6.07) is 5.21. The molecule has 0 saturated carbocycles. The zero-order valence-electron chi connectivity index (χ0n) is 12.0. The summed E-state index contributed by atoms with van der Waals surface area (Å²) < 4.78 is 12.7. The number of hydrogen-bond donors (Lipinski definition) is 1. The fourth-order valence-corrected chi connectivity index (χ4v) is 2.40. The van der Waals surface area contributed by atoms with Gasteiger partial charge in [0.1, 0.15) is 17.2 Å². The standard InChI is InChI=1S/C14H16BrN3O3/c1-4-18-13(10(15)8-16-18)14(19)17-11-7-9(20-2)5-6-12(11)21-3/h5-8H,4H2,1-3H3,(H,17,19). The van der Waals surface area contributed by atoms with Crippen LogP contribution in [0.15, 0.2) is 28.9 Å². The zero-order valence-corrected chi connectivity index (χ0v) is 13.6. The van der Waals surface area contributed by atoms with E-state index in [-0.39, 0.29) is 5.91 Å². The number of hydrogen-bond acceptors (Lipinski definition) is 4. The Morgan fingerprint density at radius 1 is 1.38 bits per heavy atom. The van der Waals surface area contributed by atoms with Crippen LogP contribution in [0.2, 0.25) is 0 Å². The van der Waals surface area contributed by atoms with Crippen molar-refractivity contribution in [2.45, 2.75) is 13.5 Å². The number of aromatic nitrogens is 2. The first-order chi connectivity index (χ1) is 10.1. The highest BCUT2D eigenvalue weighted by Crippen LogP contribution is 2.29. The molecule has 0 spiro atoms. The molecule has 0 aliphatic carbocycles. The van der Waals surface area contributed by atoms with Crippen LogP contribution in [-0.2, 0) is 6.54 Å². The van der Waals surface area contributed by atoms with E-state index in [1.807, 2.05) is 6.92 Å². The van der Waals surface area contributed by atoms with Crippen molar-refractivity contribution in [2.24, 2.45) is 0 Å². The highest BCUT2D eigenvalue weighted by molar-refractivity contribution is 9.10. The van der Waals surface area contributed by atoms with Gasteiger partial charge >= 0.3 is 0 Å². The number of methoxy groups -OCH3 is 2. The number of benzene rings is 1. The summed E-state index contributed by atoms with van der Waals surface area (Å²) in [6.07, 6.45) is 1.60. The largest absolute Gasteiger partial charge is 0.497 e. The molecule has 0 bridgehead atoms. The van der Waals surface area contributed by atoms with Crippen LogP contribution in [-0.4, -0.2) is 29.9 Å². The van der Waals surface area contributed by atoms with Gasteiger partial charge in [0.05, 0.1) is 30.6 Å². The molecule has 0 aliphatic rings. The lowest BCUT2D eigenvalue weighted by Gasteiger charge is -2.12. The molecule has 0 saturated heterocycles. The fourth-order valence-electron chi connectivity index (χ4n) is 1.92. The van der Waals surface area contributed by atoms with Crippen molar-refractivity contribution >= 4 is 27.5 Å². The van der Waals surface area contributed by atoms with Crippen molar-refractivity contribution in [1.82, 2.24) is 9.78 Å². The van der Waals surface area contributed by atoms with Gasteiger partial charge in [-0.05, 0) is 35.0 Å². The third-order valence-electron chi connectivity index (χ3n) is 2.96. The van der Waals surface area contributed by atoms with E-state index < -0.39 is 0 Å². The van der Waals surface area contributed by atoms with Gasteiger partial charge < -0.3 is 14.8 Å². The number of anilines is 1. The van der Waals surface area contributed by atoms with Crippen LogP contribution in [0, 0.1) is 0 Å². The van der Waals surface area contributed by atoms with Gasteiger partial charge in [-0.1, -0.05) is 0 Å². The predicted molar refractivity (Wildman–Crippen MR) is 83.1 cm³/mol. The number of amides is 1. The smallest absolute Gasteiger partial charge is 0.275 e. The van der Waals surface area contributed by atoms with Gasteiger partial charge in [0, 0.05) is 12.6 Å². The first-order valence-corrected chi connectivity index (χ1v) is 7.14. The van der Waals surface area contributed by atoms with E-state index in [4.69, 9.17) is 9.47 Å². The van der Waals surface area contributed by atoms with E-state index in [9.17, 15) is 4.79 Å². The topological polar surface area (TPSA) is 65.4 Å². The van der Waals surface area contributed by atoms with Gasteiger partial charge in [0.25, 0.3) is 5.91 Å². The molecule has 0 atom stereocenters. The molecule has 0 unspecified atom stereocenters. The molecule has 112 valence electrons. The van der Waals surface area contributed by atoms with Gasteiger partial charge in [-0.3, -0.25) is 9.48 Å².